The highest BCUT2D eigenvalue weighted by Gasteiger charge is 2.33. The molecule has 1 aliphatic heterocycles. The summed E-state index contributed by atoms with van der Waals surface area (Å²) in [5, 5.41) is 23.9. The molecule has 0 bridgehead atoms. The number of carboxylic acids is 1. The minimum atomic E-state index is -1.45. The number of aromatic carboxylic acids is 1. The zero-order valence-corrected chi connectivity index (χ0v) is 10.9. The average Bonchev–Trinajstić information content (AvgIpc) is 2.75. The number of carbonyl (C=O) groups is 4. The first kappa shape index (κ1) is 15.1. The Morgan fingerprint density at radius 1 is 1.32 bits per heavy atom. The molecule has 0 radical (unpaired) electrons. The van der Waals surface area contributed by atoms with Gasteiger partial charge in [0.15, 0.2) is 0 Å². The second-order valence-corrected chi connectivity index (χ2v) is 4.43. The molecular formula is C12H9N3O7. The molecule has 10 heteroatoms. The van der Waals surface area contributed by atoms with Crippen LogP contribution in [0.3, 0.4) is 0 Å². The van der Waals surface area contributed by atoms with Gasteiger partial charge in [0.25, 0.3) is 11.6 Å². The van der Waals surface area contributed by atoms with Crippen LogP contribution >= 0.6 is 0 Å². The van der Waals surface area contributed by atoms with Crippen molar-refractivity contribution in [3.05, 3.63) is 39.4 Å². The van der Waals surface area contributed by atoms with E-state index >= 15 is 0 Å². The molecule has 3 N–H and O–H groups in total. The predicted molar refractivity (Wildman–Crippen MR) is 69.1 cm³/mol. The van der Waals surface area contributed by atoms with Crippen LogP contribution in [0.2, 0.25) is 0 Å². The highest BCUT2D eigenvalue weighted by molar-refractivity contribution is 6.10. The molecule has 114 valence electrons. The Morgan fingerprint density at radius 3 is 2.50 bits per heavy atom. The fourth-order valence-corrected chi connectivity index (χ4v) is 1.93. The van der Waals surface area contributed by atoms with Crippen LogP contribution in [-0.4, -0.2) is 39.8 Å². The smallest absolute Gasteiger partial charge is 0.336 e. The summed E-state index contributed by atoms with van der Waals surface area (Å²) >= 11 is 0. The van der Waals surface area contributed by atoms with Crippen molar-refractivity contribution in [1.82, 2.24) is 10.6 Å². The maximum absolute atomic E-state index is 12.1. The van der Waals surface area contributed by atoms with Crippen LogP contribution in [-0.2, 0) is 9.59 Å². The van der Waals surface area contributed by atoms with Gasteiger partial charge in [-0.3, -0.25) is 29.8 Å². The van der Waals surface area contributed by atoms with E-state index in [0.717, 1.165) is 18.2 Å². The molecule has 1 atom stereocenters. The Morgan fingerprint density at radius 2 is 2.00 bits per heavy atom. The number of nitrogens with one attached hydrogen (secondary N) is 2. The molecule has 2 rings (SSSR count). The number of benzene rings is 1. The van der Waals surface area contributed by atoms with Gasteiger partial charge in [-0.1, -0.05) is 0 Å². The van der Waals surface area contributed by atoms with Gasteiger partial charge in [-0.15, -0.1) is 0 Å². The highest BCUT2D eigenvalue weighted by atomic mass is 16.6. The molecule has 1 aliphatic rings. The Bertz CT molecular complexity index is 713. The molecule has 1 fully saturated rings. The van der Waals surface area contributed by atoms with E-state index in [1.807, 2.05) is 5.32 Å². The third kappa shape index (κ3) is 2.90. The van der Waals surface area contributed by atoms with E-state index in [-0.39, 0.29) is 6.42 Å². The first-order chi connectivity index (χ1) is 10.3. The third-order valence-corrected chi connectivity index (χ3v) is 2.96. The normalized spacial score (nSPS) is 17.0. The minimum Gasteiger partial charge on any atom is -0.478 e. The topological polar surface area (TPSA) is 156 Å². The van der Waals surface area contributed by atoms with Gasteiger partial charge in [0.05, 0.1) is 22.5 Å². The third-order valence-electron chi connectivity index (χ3n) is 2.96. The van der Waals surface area contributed by atoms with E-state index in [2.05, 4.69) is 5.32 Å². The van der Waals surface area contributed by atoms with Crippen molar-refractivity contribution < 1.29 is 29.2 Å². The number of imide groups is 1. The molecule has 1 saturated heterocycles. The summed E-state index contributed by atoms with van der Waals surface area (Å²) in [6.45, 7) is 0. The fraction of sp³-hybridized carbons (Fsp3) is 0.167. The van der Waals surface area contributed by atoms with Crippen LogP contribution in [0.15, 0.2) is 18.2 Å². The number of hydrogen-bond acceptors (Lipinski definition) is 6. The van der Waals surface area contributed by atoms with Crippen LogP contribution in [0.25, 0.3) is 0 Å². The molecule has 0 saturated carbocycles. The van der Waals surface area contributed by atoms with E-state index in [4.69, 9.17) is 5.11 Å². The van der Waals surface area contributed by atoms with Gasteiger partial charge >= 0.3 is 5.97 Å². The van der Waals surface area contributed by atoms with Gasteiger partial charge in [-0.05, 0) is 6.07 Å². The largest absolute Gasteiger partial charge is 0.478 e. The zero-order valence-electron chi connectivity index (χ0n) is 10.9. The number of amides is 3. The van der Waals surface area contributed by atoms with Crippen molar-refractivity contribution in [1.29, 1.82) is 0 Å². The lowest BCUT2D eigenvalue weighted by atomic mass is 10.1. The van der Waals surface area contributed by atoms with Crippen molar-refractivity contribution in [3.63, 3.8) is 0 Å². The summed E-state index contributed by atoms with van der Waals surface area (Å²) in [5.41, 5.74) is -1.39. The molecule has 0 spiro atoms. The monoisotopic (exact) mass is 307 g/mol. The summed E-state index contributed by atoms with van der Waals surface area (Å²) in [4.78, 5) is 55.5. The van der Waals surface area contributed by atoms with Crippen molar-refractivity contribution in [2.45, 2.75) is 12.5 Å². The summed E-state index contributed by atoms with van der Waals surface area (Å²) in [5.74, 6) is -3.74. The van der Waals surface area contributed by atoms with Crippen molar-refractivity contribution in [2.24, 2.45) is 0 Å². The van der Waals surface area contributed by atoms with Gasteiger partial charge < -0.3 is 10.4 Å². The van der Waals surface area contributed by atoms with E-state index in [9.17, 15) is 29.3 Å². The van der Waals surface area contributed by atoms with Gasteiger partial charge in [0.2, 0.25) is 11.8 Å². The minimum absolute atomic E-state index is 0.276. The van der Waals surface area contributed by atoms with Gasteiger partial charge in [-0.2, -0.15) is 0 Å². The van der Waals surface area contributed by atoms with Crippen molar-refractivity contribution in [3.8, 4) is 0 Å². The van der Waals surface area contributed by atoms with Gasteiger partial charge in [-0.25, -0.2) is 4.79 Å². The summed E-state index contributed by atoms with van der Waals surface area (Å²) in [6, 6.07) is 1.54. The SMILES string of the molecule is O=C1C[C@H](NC(=O)c2cc([N+](=O)[O-])ccc2C(=O)O)C(=O)N1. The van der Waals surface area contributed by atoms with Crippen molar-refractivity contribution in [2.75, 3.05) is 0 Å². The lowest BCUT2D eigenvalue weighted by Gasteiger charge is -2.10. The number of carboxylic acid groups (broad SMARTS) is 1. The van der Waals surface area contributed by atoms with Crippen molar-refractivity contribution >= 4 is 29.4 Å². The van der Waals surface area contributed by atoms with E-state index < -0.39 is 51.5 Å². The molecule has 0 aliphatic carbocycles. The molecule has 10 nitrogen and oxygen atoms in total. The highest BCUT2D eigenvalue weighted by Crippen LogP contribution is 2.18. The first-order valence-corrected chi connectivity index (χ1v) is 5.96. The number of nitro benzene ring substituents is 1. The molecule has 0 unspecified atom stereocenters. The summed E-state index contributed by atoms with van der Waals surface area (Å²) in [6.07, 6.45) is -0.276. The van der Waals surface area contributed by atoms with Crippen LogP contribution in [0.4, 0.5) is 5.69 Å². The Labute approximate surface area is 122 Å². The molecule has 3 amide bonds. The maximum atomic E-state index is 12.1. The number of carbonyl (C=O) groups excluding carboxylic acids is 3. The van der Waals surface area contributed by atoms with Crippen LogP contribution < -0.4 is 10.6 Å². The summed E-state index contributed by atoms with van der Waals surface area (Å²) in [7, 11) is 0. The molecule has 1 aromatic rings. The number of hydrogen-bond donors (Lipinski definition) is 3. The fourth-order valence-electron chi connectivity index (χ4n) is 1.93. The number of nitro groups is 1. The van der Waals surface area contributed by atoms with E-state index in [1.54, 1.807) is 0 Å². The van der Waals surface area contributed by atoms with E-state index in [0.29, 0.717) is 0 Å². The van der Waals surface area contributed by atoms with Gasteiger partial charge in [0.1, 0.15) is 6.04 Å². The number of nitrogens with zero attached hydrogens (tertiary/aromatic N) is 1. The number of non-ortho nitro benzene ring substituents is 1. The lowest BCUT2D eigenvalue weighted by molar-refractivity contribution is -0.384. The quantitative estimate of drug-likeness (QED) is 0.382. The van der Waals surface area contributed by atoms with Crippen LogP contribution in [0.5, 0.6) is 0 Å². The number of rotatable bonds is 4. The molecule has 1 heterocycles. The second-order valence-electron chi connectivity index (χ2n) is 4.43. The Hall–Kier alpha value is -3.30. The average molecular weight is 307 g/mol. The maximum Gasteiger partial charge on any atom is 0.336 e. The lowest BCUT2D eigenvalue weighted by Crippen LogP contribution is -2.40. The van der Waals surface area contributed by atoms with E-state index in [1.165, 1.54) is 0 Å². The molecule has 0 aromatic heterocycles. The molecule has 22 heavy (non-hydrogen) atoms. The van der Waals surface area contributed by atoms with Gasteiger partial charge in [0, 0.05) is 12.1 Å². The Kier molecular flexibility index (Phi) is 3.84. The second kappa shape index (κ2) is 5.60. The summed E-state index contributed by atoms with van der Waals surface area (Å²) < 4.78 is 0. The molecule has 1 aromatic carbocycles. The standard InChI is InChI=1S/C12H9N3O7/c16-9-4-8(11(18)14-9)13-10(17)7-3-5(15(21)22)1-2-6(7)12(19)20/h1-3,8H,4H2,(H,13,17)(H,19,20)(H,14,16,18)/t8-/m0/s1. The zero-order chi connectivity index (χ0) is 16.4. The predicted octanol–water partition coefficient (Wildman–Crippen LogP) is -0.562. The first-order valence-electron chi connectivity index (χ1n) is 5.96. The van der Waals surface area contributed by atoms with Crippen LogP contribution in [0, 0.1) is 10.1 Å². The Balaban J connectivity index is 2.33. The molecular weight excluding hydrogens is 298 g/mol. The van der Waals surface area contributed by atoms with Crippen LogP contribution in [0.1, 0.15) is 27.1 Å².